The topological polar surface area (TPSA) is 98.6 Å². The van der Waals surface area contributed by atoms with Gasteiger partial charge in [0.25, 0.3) is 11.8 Å². The lowest BCUT2D eigenvalue weighted by Gasteiger charge is -2.35. The SMILES string of the molecule is COCCNC(=O)c1ccc2nn(CC3CCCCN3C(=O)c3ccc(Oc4ccc(C(F)(F)F)cn4)cc3)cc2c1C. The second-order valence-electron chi connectivity index (χ2n) is 10.4. The van der Waals surface area contributed by atoms with Crippen LogP contribution in [0.1, 0.15) is 51.1 Å². The fourth-order valence-electron chi connectivity index (χ4n) is 5.22. The van der Waals surface area contributed by atoms with E-state index in [0.717, 1.165) is 47.9 Å². The second-order valence-corrected chi connectivity index (χ2v) is 10.4. The van der Waals surface area contributed by atoms with Gasteiger partial charge >= 0.3 is 6.18 Å². The molecular formula is C31H32F3N5O4. The fraction of sp³-hybridized carbons (Fsp3) is 0.355. The van der Waals surface area contributed by atoms with Crippen LogP contribution >= 0.6 is 0 Å². The largest absolute Gasteiger partial charge is 0.439 e. The molecule has 1 aliphatic heterocycles. The van der Waals surface area contributed by atoms with Crippen LogP contribution in [0.2, 0.25) is 0 Å². The van der Waals surface area contributed by atoms with Crippen LogP contribution < -0.4 is 10.1 Å². The Balaban J connectivity index is 1.26. The summed E-state index contributed by atoms with van der Waals surface area (Å²) in [4.78, 5) is 31.8. The van der Waals surface area contributed by atoms with E-state index in [1.165, 1.54) is 0 Å². The van der Waals surface area contributed by atoms with Crippen LogP contribution in [0.3, 0.4) is 0 Å². The highest BCUT2D eigenvalue weighted by Crippen LogP contribution is 2.30. The van der Waals surface area contributed by atoms with Crippen molar-refractivity contribution >= 4 is 22.7 Å². The molecular weight excluding hydrogens is 563 g/mol. The van der Waals surface area contributed by atoms with Crippen molar-refractivity contribution in [3.05, 3.63) is 83.2 Å². The standard InChI is InChI=1S/C31H32F3N5O4/c1-20-25(29(40)35-14-16-42-2)11-12-27-26(20)19-38(37-27)18-23-5-3-4-15-39(23)30(41)21-6-9-24(10-7-21)43-28-13-8-22(17-36-28)31(32,33)34/h6-13,17,19,23H,3-5,14-16,18H2,1-2H3,(H,35,40). The number of likely N-dealkylation sites (tertiary alicyclic amines) is 1. The van der Waals surface area contributed by atoms with Crippen molar-refractivity contribution in [2.24, 2.45) is 0 Å². The number of methoxy groups -OCH3 is 1. The summed E-state index contributed by atoms with van der Waals surface area (Å²) in [5.74, 6) is 0.0836. The molecule has 3 heterocycles. The average Bonchev–Trinajstić information content (AvgIpc) is 3.41. The molecule has 1 aliphatic rings. The van der Waals surface area contributed by atoms with Gasteiger partial charge in [0.15, 0.2) is 0 Å². The molecule has 4 aromatic rings. The van der Waals surface area contributed by atoms with Crippen molar-refractivity contribution in [2.45, 2.75) is 44.9 Å². The molecule has 2 amide bonds. The van der Waals surface area contributed by atoms with E-state index in [1.54, 1.807) is 37.4 Å². The maximum Gasteiger partial charge on any atom is 0.417 e. The number of aromatic nitrogens is 3. The normalized spacial score (nSPS) is 15.5. The van der Waals surface area contributed by atoms with Gasteiger partial charge in [-0.25, -0.2) is 4.98 Å². The molecule has 0 spiro atoms. The number of hydrogen-bond acceptors (Lipinski definition) is 6. The van der Waals surface area contributed by atoms with E-state index in [0.29, 0.717) is 49.3 Å². The lowest BCUT2D eigenvalue weighted by atomic mass is 10.0. The summed E-state index contributed by atoms with van der Waals surface area (Å²) in [6, 6.07) is 12.1. The molecule has 1 saturated heterocycles. The van der Waals surface area contributed by atoms with Gasteiger partial charge in [-0.2, -0.15) is 18.3 Å². The zero-order valence-corrected chi connectivity index (χ0v) is 23.9. The number of amides is 2. The minimum Gasteiger partial charge on any atom is -0.439 e. The van der Waals surface area contributed by atoms with Gasteiger partial charge in [-0.05, 0) is 74.2 Å². The molecule has 1 N–H and O–H groups in total. The third-order valence-corrected chi connectivity index (χ3v) is 7.52. The summed E-state index contributed by atoms with van der Waals surface area (Å²) >= 11 is 0. The molecule has 2 aromatic heterocycles. The summed E-state index contributed by atoms with van der Waals surface area (Å²) in [6.07, 6.45) is 0.880. The predicted octanol–water partition coefficient (Wildman–Crippen LogP) is 5.62. The van der Waals surface area contributed by atoms with Gasteiger partial charge in [0.2, 0.25) is 5.88 Å². The number of nitrogens with zero attached hydrogens (tertiary/aromatic N) is 4. The van der Waals surface area contributed by atoms with Gasteiger partial charge in [-0.15, -0.1) is 0 Å². The van der Waals surface area contributed by atoms with Crippen LogP contribution in [-0.4, -0.2) is 64.3 Å². The summed E-state index contributed by atoms with van der Waals surface area (Å²) in [5, 5.41) is 8.45. The smallest absolute Gasteiger partial charge is 0.417 e. The Hall–Kier alpha value is -4.45. The number of halogens is 3. The lowest BCUT2D eigenvalue weighted by Crippen LogP contribution is -2.45. The van der Waals surface area contributed by atoms with Crippen molar-refractivity contribution in [1.82, 2.24) is 25.0 Å². The van der Waals surface area contributed by atoms with E-state index < -0.39 is 11.7 Å². The number of rotatable bonds is 9. The Kier molecular flexibility index (Phi) is 8.95. The average molecular weight is 596 g/mol. The van der Waals surface area contributed by atoms with Gasteiger partial charge < -0.3 is 19.7 Å². The Labute approximate surface area is 246 Å². The van der Waals surface area contributed by atoms with Crippen LogP contribution in [0.25, 0.3) is 10.9 Å². The Morgan fingerprint density at radius 1 is 1.07 bits per heavy atom. The van der Waals surface area contributed by atoms with E-state index in [9.17, 15) is 22.8 Å². The molecule has 0 bridgehead atoms. The third kappa shape index (κ3) is 6.96. The zero-order valence-electron chi connectivity index (χ0n) is 23.9. The molecule has 43 heavy (non-hydrogen) atoms. The van der Waals surface area contributed by atoms with E-state index in [2.05, 4.69) is 10.3 Å². The summed E-state index contributed by atoms with van der Waals surface area (Å²) in [7, 11) is 1.58. The minimum atomic E-state index is -4.48. The maximum atomic E-state index is 13.5. The number of ether oxygens (including phenoxy) is 2. The van der Waals surface area contributed by atoms with Crippen molar-refractivity contribution in [1.29, 1.82) is 0 Å². The lowest BCUT2D eigenvalue weighted by molar-refractivity contribution is -0.137. The van der Waals surface area contributed by atoms with Crippen LogP contribution in [0.5, 0.6) is 11.6 Å². The highest BCUT2D eigenvalue weighted by Gasteiger charge is 2.31. The predicted molar refractivity (Wildman–Crippen MR) is 153 cm³/mol. The second kappa shape index (κ2) is 12.8. The first-order valence-electron chi connectivity index (χ1n) is 14.0. The monoisotopic (exact) mass is 595 g/mol. The number of piperidine rings is 1. The summed E-state index contributed by atoms with van der Waals surface area (Å²) in [6.45, 7) is 3.87. The molecule has 2 aromatic carbocycles. The molecule has 9 nitrogen and oxygen atoms in total. The van der Waals surface area contributed by atoms with Crippen LogP contribution in [0.4, 0.5) is 13.2 Å². The van der Waals surface area contributed by atoms with E-state index in [1.807, 2.05) is 28.8 Å². The van der Waals surface area contributed by atoms with Crippen molar-refractivity contribution in [3.8, 4) is 11.6 Å². The van der Waals surface area contributed by atoms with E-state index in [4.69, 9.17) is 14.6 Å². The Morgan fingerprint density at radius 3 is 2.56 bits per heavy atom. The molecule has 0 saturated carbocycles. The summed E-state index contributed by atoms with van der Waals surface area (Å²) in [5.41, 5.74) is 1.81. The molecule has 5 rings (SSSR count). The molecule has 0 aliphatic carbocycles. The number of carbonyl (C=O) groups is 2. The molecule has 1 atom stereocenters. The number of fused-ring (bicyclic) bond motifs is 1. The van der Waals surface area contributed by atoms with Gasteiger partial charge in [0, 0.05) is 55.2 Å². The quantitative estimate of drug-likeness (QED) is 0.252. The Morgan fingerprint density at radius 2 is 1.86 bits per heavy atom. The molecule has 0 radical (unpaired) electrons. The number of pyridine rings is 1. The van der Waals surface area contributed by atoms with Crippen LogP contribution in [0, 0.1) is 6.92 Å². The van der Waals surface area contributed by atoms with Crippen molar-refractivity contribution in [3.63, 3.8) is 0 Å². The first kappa shape index (κ1) is 30.0. The number of alkyl halides is 3. The van der Waals surface area contributed by atoms with Crippen LogP contribution in [-0.2, 0) is 17.5 Å². The molecule has 1 unspecified atom stereocenters. The number of hydrogen-bond donors (Lipinski definition) is 1. The van der Waals surface area contributed by atoms with E-state index in [-0.39, 0.29) is 23.7 Å². The fourth-order valence-corrected chi connectivity index (χ4v) is 5.22. The highest BCUT2D eigenvalue weighted by molar-refractivity contribution is 6.00. The van der Waals surface area contributed by atoms with Crippen molar-refractivity contribution < 1.29 is 32.2 Å². The maximum absolute atomic E-state index is 13.5. The third-order valence-electron chi connectivity index (χ3n) is 7.52. The number of nitrogens with one attached hydrogen (secondary N) is 1. The van der Waals surface area contributed by atoms with Gasteiger partial charge in [-0.3, -0.25) is 14.3 Å². The minimum absolute atomic E-state index is 0.0175. The zero-order chi connectivity index (χ0) is 30.6. The van der Waals surface area contributed by atoms with Crippen LogP contribution in [0.15, 0.2) is 60.9 Å². The van der Waals surface area contributed by atoms with E-state index >= 15 is 0 Å². The number of carbonyl (C=O) groups excluding carboxylic acids is 2. The molecule has 226 valence electrons. The first-order chi connectivity index (χ1) is 20.6. The van der Waals surface area contributed by atoms with Gasteiger partial charge in [-0.1, -0.05) is 0 Å². The Bertz CT molecular complexity index is 1590. The van der Waals surface area contributed by atoms with Gasteiger partial charge in [0.05, 0.1) is 30.3 Å². The molecule has 1 fully saturated rings. The number of aryl methyl sites for hydroxylation is 1. The van der Waals surface area contributed by atoms with Crippen molar-refractivity contribution in [2.75, 3.05) is 26.8 Å². The molecule has 12 heteroatoms. The first-order valence-corrected chi connectivity index (χ1v) is 14.0. The highest BCUT2D eigenvalue weighted by atomic mass is 19.4. The van der Waals surface area contributed by atoms with Gasteiger partial charge in [0.1, 0.15) is 5.75 Å². The summed E-state index contributed by atoms with van der Waals surface area (Å²) < 4.78 is 50.8. The number of benzene rings is 2.